The van der Waals surface area contributed by atoms with E-state index in [2.05, 4.69) is 4.98 Å². The molecule has 2 aromatic carbocycles. The largest absolute Gasteiger partial charge is 0.416 e. The third-order valence-corrected chi connectivity index (χ3v) is 7.15. The average molecular weight is 520 g/mol. The van der Waals surface area contributed by atoms with Gasteiger partial charge in [-0.25, -0.2) is 0 Å². The molecule has 0 saturated carbocycles. The molecule has 0 aliphatic carbocycles. The number of fused-ring (bicyclic) bond motifs is 1. The van der Waals surface area contributed by atoms with Crippen molar-refractivity contribution in [2.45, 2.75) is 56.8 Å². The van der Waals surface area contributed by atoms with E-state index in [0.717, 1.165) is 18.6 Å². The molecule has 0 spiro atoms. The molecule has 1 fully saturated rings. The van der Waals surface area contributed by atoms with Gasteiger partial charge in [-0.3, -0.25) is 14.2 Å². The maximum atomic E-state index is 13.0. The summed E-state index contributed by atoms with van der Waals surface area (Å²) in [5, 5.41) is 11.5. The first-order chi connectivity index (χ1) is 17.1. The fourth-order valence-corrected chi connectivity index (χ4v) is 4.97. The van der Waals surface area contributed by atoms with E-state index in [1.54, 1.807) is 21.6 Å². The van der Waals surface area contributed by atoms with Gasteiger partial charge in [-0.05, 0) is 67.7 Å². The summed E-state index contributed by atoms with van der Waals surface area (Å²) in [4.78, 5) is 30.1. The van der Waals surface area contributed by atoms with E-state index < -0.39 is 17.3 Å². The maximum Gasteiger partial charge on any atom is 0.416 e. The molecule has 0 atom stereocenters. The Morgan fingerprint density at radius 3 is 2.50 bits per heavy atom. The first kappa shape index (κ1) is 26.1. The van der Waals surface area contributed by atoms with E-state index in [1.165, 1.54) is 12.1 Å². The smallest absolute Gasteiger partial charge is 0.385 e. The van der Waals surface area contributed by atoms with Gasteiger partial charge in [-0.1, -0.05) is 30.7 Å². The number of unbranched alkanes of at least 4 members (excludes halogenated alkanes) is 2. The van der Waals surface area contributed by atoms with Gasteiger partial charge in [-0.15, -0.1) is 0 Å². The number of hydrogen-bond donors (Lipinski definition) is 2. The minimum absolute atomic E-state index is 0.0405. The number of alkyl halides is 3. The van der Waals surface area contributed by atoms with Gasteiger partial charge in [0.05, 0.1) is 22.1 Å². The molecule has 0 radical (unpaired) electrons. The van der Waals surface area contributed by atoms with E-state index in [9.17, 15) is 27.9 Å². The summed E-state index contributed by atoms with van der Waals surface area (Å²) in [6, 6.07) is 12.0. The number of amides is 1. The number of aromatic nitrogens is 2. The SMILES string of the molecule is O=C(CCCCCn1c(=S)[nH]c2ccccc2c1=O)N1CCC(O)(c2cccc(C(F)(F)F)c2)CC1. The fourth-order valence-electron chi connectivity index (χ4n) is 4.68. The van der Waals surface area contributed by atoms with Crippen molar-refractivity contribution in [3.63, 3.8) is 0 Å². The molecule has 1 aliphatic rings. The van der Waals surface area contributed by atoms with Crippen LogP contribution in [0.25, 0.3) is 10.9 Å². The van der Waals surface area contributed by atoms with Gasteiger partial charge < -0.3 is 15.0 Å². The first-order valence-electron chi connectivity index (χ1n) is 12.0. The van der Waals surface area contributed by atoms with Gasteiger partial charge in [0.2, 0.25) is 5.91 Å². The van der Waals surface area contributed by atoms with Gasteiger partial charge in [0.15, 0.2) is 4.77 Å². The van der Waals surface area contributed by atoms with Crippen LogP contribution in [0.4, 0.5) is 13.2 Å². The summed E-state index contributed by atoms with van der Waals surface area (Å²) >= 11 is 5.32. The molecule has 1 aromatic heterocycles. The number of carbonyl (C=O) groups excluding carboxylic acids is 1. The molecule has 10 heteroatoms. The summed E-state index contributed by atoms with van der Waals surface area (Å²) in [6.07, 6.45) is -1.70. The number of likely N-dealkylation sites (tertiary alicyclic amines) is 1. The first-order valence-corrected chi connectivity index (χ1v) is 12.4. The highest BCUT2D eigenvalue weighted by Gasteiger charge is 2.37. The van der Waals surface area contributed by atoms with Crippen LogP contribution in [0.5, 0.6) is 0 Å². The van der Waals surface area contributed by atoms with Crippen molar-refractivity contribution >= 4 is 29.0 Å². The van der Waals surface area contributed by atoms with Crippen molar-refractivity contribution < 1.29 is 23.1 Å². The Morgan fingerprint density at radius 1 is 1.06 bits per heavy atom. The number of halogens is 3. The van der Waals surface area contributed by atoms with Gasteiger partial charge in [0, 0.05) is 26.1 Å². The number of benzene rings is 2. The van der Waals surface area contributed by atoms with E-state index in [4.69, 9.17) is 12.2 Å². The normalized spacial score (nSPS) is 15.8. The van der Waals surface area contributed by atoms with Gasteiger partial charge in [0.1, 0.15) is 0 Å². The lowest BCUT2D eigenvalue weighted by Crippen LogP contribution is -2.45. The lowest BCUT2D eigenvalue weighted by atomic mass is 9.83. The van der Waals surface area contributed by atoms with Gasteiger partial charge in [0.25, 0.3) is 5.56 Å². The maximum absolute atomic E-state index is 13.0. The van der Waals surface area contributed by atoms with Crippen molar-refractivity contribution in [2.75, 3.05) is 13.1 Å². The third-order valence-electron chi connectivity index (χ3n) is 6.83. The minimum atomic E-state index is -4.48. The number of rotatable bonds is 7. The second-order valence-corrected chi connectivity index (χ2v) is 9.62. The molecule has 0 unspecified atom stereocenters. The number of hydrogen-bond acceptors (Lipinski definition) is 4. The Balaban J connectivity index is 1.25. The quantitative estimate of drug-likeness (QED) is 0.334. The average Bonchev–Trinajstić information content (AvgIpc) is 2.85. The fraction of sp³-hybridized carbons (Fsp3) is 0.423. The van der Waals surface area contributed by atoms with E-state index in [-0.39, 0.29) is 43.0 Å². The van der Waals surface area contributed by atoms with Crippen LogP contribution < -0.4 is 5.56 Å². The van der Waals surface area contributed by atoms with Crippen LogP contribution in [-0.2, 0) is 23.1 Å². The number of carbonyl (C=O) groups is 1. The molecular formula is C26H28F3N3O3S. The summed E-state index contributed by atoms with van der Waals surface area (Å²) < 4.78 is 41.0. The summed E-state index contributed by atoms with van der Waals surface area (Å²) in [5.41, 5.74) is -1.38. The Bertz CT molecular complexity index is 1360. The Hall–Kier alpha value is -2.98. The summed E-state index contributed by atoms with van der Waals surface area (Å²) in [5.74, 6) is -0.0405. The molecule has 4 rings (SSSR count). The minimum Gasteiger partial charge on any atom is -0.385 e. The molecule has 1 aliphatic heterocycles. The standard InChI is InChI=1S/C26H28F3N3O3S/c27-26(28,29)19-8-6-7-18(17-19)25(35)12-15-31(16-13-25)22(33)11-2-1-5-14-32-23(34)20-9-3-4-10-21(20)30-24(32)36/h3-4,6-10,17,35H,1-2,5,11-16H2,(H,30,36). The van der Waals surface area contributed by atoms with Crippen molar-refractivity contribution in [3.05, 3.63) is 74.8 Å². The zero-order valence-corrected chi connectivity index (χ0v) is 20.5. The van der Waals surface area contributed by atoms with Gasteiger partial charge in [-0.2, -0.15) is 13.2 Å². The molecule has 2 heterocycles. The van der Waals surface area contributed by atoms with Crippen LogP contribution in [0.15, 0.2) is 53.3 Å². The van der Waals surface area contributed by atoms with Crippen LogP contribution >= 0.6 is 12.2 Å². The molecule has 192 valence electrons. The van der Waals surface area contributed by atoms with Crippen molar-refractivity contribution in [2.24, 2.45) is 0 Å². The topological polar surface area (TPSA) is 78.3 Å². The predicted molar refractivity (Wildman–Crippen MR) is 133 cm³/mol. The molecule has 1 saturated heterocycles. The van der Waals surface area contributed by atoms with E-state index in [0.29, 0.717) is 41.5 Å². The number of para-hydroxylation sites is 1. The highest BCUT2D eigenvalue weighted by atomic mass is 32.1. The van der Waals surface area contributed by atoms with Crippen LogP contribution in [0.3, 0.4) is 0 Å². The van der Waals surface area contributed by atoms with Crippen LogP contribution in [0, 0.1) is 4.77 Å². The second-order valence-electron chi connectivity index (χ2n) is 9.23. The van der Waals surface area contributed by atoms with E-state index >= 15 is 0 Å². The molecule has 3 aromatic rings. The van der Waals surface area contributed by atoms with E-state index in [1.807, 2.05) is 12.1 Å². The molecule has 1 amide bonds. The monoisotopic (exact) mass is 519 g/mol. The molecular weight excluding hydrogens is 491 g/mol. The Morgan fingerprint density at radius 2 is 1.78 bits per heavy atom. The molecule has 2 N–H and O–H groups in total. The highest BCUT2D eigenvalue weighted by molar-refractivity contribution is 7.71. The lowest BCUT2D eigenvalue weighted by molar-refractivity contribution is -0.137. The third kappa shape index (κ3) is 5.70. The number of aromatic amines is 1. The van der Waals surface area contributed by atoms with Gasteiger partial charge >= 0.3 is 6.18 Å². The van der Waals surface area contributed by atoms with Crippen molar-refractivity contribution in [3.8, 4) is 0 Å². The zero-order valence-electron chi connectivity index (χ0n) is 19.7. The highest BCUT2D eigenvalue weighted by Crippen LogP contribution is 2.36. The number of nitrogens with zero attached hydrogens (tertiary/aromatic N) is 2. The Labute approximate surface area is 211 Å². The number of aliphatic hydroxyl groups is 1. The molecule has 36 heavy (non-hydrogen) atoms. The second kappa shape index (κ2) is 10.6. The predicted octanol–water partition coefficient (Wildman–Crippen LogP) is 5.15. The number of H-pyrrole nitrogens is 1. The summed E-state index contributed by atoms with van der Waals surface area (Å²) in [6.45, 7) is 1.03. The van der Waals surface area contributed by atoms with Crippen molar-refractivity contribution in [1.82, 2.24) is 14.5 Å². The van der Waals surface area contributed by atoms with Crippen LogP contribution in [-0.4, -0.2) is 38.6 Å². The number of nitrogens with one attached hydrogen (secondary N) is 1. The molecule has 0 bridgehead atoms. The van der Waals surface area contributed by atoms with Crippen LogP contribution in [0.1, 0.15) is 49.7 Å². The number of piperidine rings is 1. The van der Waals surface area contributed by atoms with Crippen molar-refractivity contribution in [1.29, 1.82) is 0 Å². The van der Waals surface area contributed by atoms with Crippen LogP contribution in [0.2, 0.25) is 0 Å². The lowest BCUT2D eigenvalue weighted by Gasteiger charge is -2.38. The Kier molecular flexibility index (Phi) is 7.65. The molecule has 6 nitrogen and oxygen atoms in total. The zero-order chi connectivity index (χ0) is 25.9. The summed E-state index contributed by atoms with van der Waals surface area (Å²) in [7, 11) is 0.